The molecule has 1 aliphatic rings. The largest absolute Gasteiger partial charge is 0.378 e. The third-order valence-electron chi connectivity index (χ3n) is 3.65. The van der Waals surface area contributed by atoms with Crippen LogP contribution in [0.3, 0.4) is 0 Å². The molecule has 20 heavy (non-hydrogen) atoms. The zero-order valence-electron chi connectivity index (χ0n) is 12.4. The van der Waals surface area contributed by atoms with Crippen LogP contribution in [0.1, 0.15) is 20.3 Å². The van der Waals surface area contributed by atoms with Gasteiger partial charge in [0.05, 0.1) is 0 Å². The maximum atomic E-state index is 12.5. The summed E-state index contributed by atoms with van der Waals surface area (Å²) >= 11 is 0. The molecule has 2 rings (SSSR count). The van der Waals surface area contributed by atoms with Gasteiger partial charge in [0.15, 0.2) is 0 Å². The summed E-state index contributed by atoms with van der Waals surface area (Å²) in [4.78, 5) is 28.1. The van der Waals surface area contributed by atoms with Crippen LogP contribution >= 0.6 is 0 Å². The number of carbonyl (C=O) groups excluding carboxylic acids is 2. The average molecular weight is 275 g/mol. The highest BCUT2D eigenvalue weighted by molar-refractivity contribution is 6.08. The average Bonchev–Trinajstić information content (AvgIpc) is 2.43. The van der Waals surface area contributed by atoms with Crippen molar-refractivity contribution in [1.29, 1.82) is 0 Å². The van der Waals surface area contributed by atoms with Crippen molar-refractivity contribution in [3.8, 4) is 0 Å². The zero-order valence-corrected chi connectivity index (χ0v) is 12.4. The monoisotopic (exact) mass is 275 g/mol. The van der Waals surface area contributed by atoms with Gasteiger partial charge in [-0.15, -0.1) is 0 Å². The molecule has 5 heteroatoms. The highest BCUT2D eigenvalue weighted by Gasteiger charge is 2.38. The number of piperazine rings is 1. The van der Waals surface area contributed by atoms with Gasteiger partial charge in [0, 0.05) is 25.5 Å². The Morgan fingerprint density at radius 1 is 1.30 bits per heavy atom. The van der Waals surface area contributed by atoms with Crippen LogP contribution in [-0.2, 0) is 9.59 Å². The number of anilines is 2. The summed E-state index contributed by atoms with van der Waals surface area (Å²) in [5.74, 6) is -0.151. The maximum Gasteiger partial charge on any atom is 0.250 e. The molecule has 2 amide bonds. The van der Waals surface area contributed by atoms with Gasteiger partial charge in [0.1, 0.15) is 12.1 Å². The molecule has 0 aromatic heterocycles. The van der Waals surface area contributed by atoms with Gasteiger partial charge in [-0.25, -0.2) is 0 Å². The van der Waals surface area contributed by atoms with Gasteiger partial charge in [-0.1, -0.05) is 13.0 Å². The number of amides is 2. The lowest BCUT2D eigenvalue weighted by atomic mass is 10.0. The number of carbonyl (C=O) groups is 2. The summed E-state index contributed by atoms with van der Waals surface area (Å²) < 4.78 is 0. The Kier molecular flexibility index (Phi) is 3.97. The van der Waals surface area contributed by atoms with Gasteiger partial charge >= 0.3 is 0 Å². The first-order valence-electron chi connectivity index (χ1n) is 6.86. The predicted octanol–water partition coefficient (Wildman–Crippen LogP) is 1.38. The Morgan fingerprint density at radius 2 is 2.00 bits per heavy atom. The molecule has 0 spiro atoms. The Morgan fingerprint density at radius 3 is 2.60 bits per heavy atom. The van der Waals surface area contributed by atoms with Crippen molar-refractivity contribution in [1.82, 2.24) is 5.32 Å². The summed E-state index contributed by atoms with van der Waals surface area (Å²) in [6.07, 6.45) is 0.598. The van der Waals surface area contributed by atoms with E-state index in [1.54, 1.807) is 11.8 Å². The summed E-state index contributed by atoms with van der Waals surface area (Å²) in [5.41, 5.74) is 1.77. The van der Waals surface area contributed by atoms with Crippen LogP contribution in [0.25, 0.3) is 0 Å². The highest BCUT2D eigenvalue weighted by Crippen LogP contribution is 2.26. The Hall–Kier alpha value is -2.04. The Balaban J connectivity index is 2.40. The number of benzene rings is 1. The lowest BCUT2D eigenvalue weighted by Crippen LogP contribution is -2.62. The number of hydrogen-bond acceptors (Lipinski definition) is 3. The molecule has 1 saturated heterocycles. The second-order valence-electron chi connectivity index (χ2n) is 5.27. The van der Waals surface area contributed by atoms with E-state index in [2.05, 4.69) is 5.32 Å². The van der Waals surface area contributed by atoms with Crippen LogP contribution < -0.4 is 15.1 Å². The molecular weight excluding hydrogens is 254 g/mol. The minimum atomic E-state index is -0.484. The minimum absolute atomic E-state index is 0.0458. The molecule has 0 aliphatic carbocycles. The number of nitrogens with zero attached hydrogens (tertiary/aromatic N) is 2. The fourth-order valence-electron chi connectivity index (χ4n) is 2.38. The van der Waals surface area contributed by atoms with Crippen LogP contribution in [0.2, 0.25) is 0 Å². The minimum Gasteiger partial charge on any atom is -0.378 e. The number of nitrogens with one attached hydrogen (secondary N) is 1. The Bertz CT molecular complexity index is 528. The number of rotatable bonds is 3. The molecule has 0 saturated carbocycles. The topological polar surface area (TPSA) is 52.7 Å². The van der Waals surface area contributed by atoms with Gasteiger partial charge in [-0.2, -0.15) is 0 Å². The molecule has 108 valence electrons. The normalized spacial score (nSPS) is 22.7. The first kappa shape index (κ1) is 14.4. The van der Waals surface area contributed by atoms with Crippen LogP contribution in [-0.4, -0.2) is 38.0 Å². The molecule has 0 radical (unpaired) electrons. The van der Waals surface area contributed by atoms with Gasteiger partial charge < -0.3 is 10.2 Å². The van der Waals surface area contributed by atoms with E-state index in [-0.39, 0.29) is 11.8 Å². The lowest BCUT2D eigenvalue weighted by Gasteiger charge is -2.37. The van der Waals surface area contributed by atoms with Crippen molar-refractivity contribution < 1.29 is 9.59 Å². The van der Waals surface area contributed by atoms with Crippen LogP contribution in [0.4, 0.5) is 11.4 Å². The van der Waals surface area contributed by atoms with Gasteiger partial charge in [-0.3, -0.25) is 14.5 Å². The van der Waals surface area contributed by atoms with Gasteiger partial charge in [-0.05, 0) is 31.5 Å². The quantitative estimate of drug-likeness (QED) is 0.907. The zero-order chi connectivity index (χ0) is 14.9. The van der Waals surface area contributed by atoms with E-state index in [1.165, 1.54) is 0 Å². The van der Waals surface area contributed by atoms with E-state index in [4.69, 9.17) is 0 Å². The van der Waals surface area contributed by atoms with E-state index in [1.807, 2.05) is 50.2 Å². The molecule has 1 N–H and O–H groups in total. The molecule has 1 aromatic rings. The molecule has 5 nitrogen and oxygen atoms in total. The second kappa shape index (κ2) is 5.53. The molecule has 1 fully saturated rings. The first-order valence-corrected chi connectivity index (χ1v) is 6.86. The Labute approximate surface area is 119 Å². The van der Waals surface area contributed by atoms with Crippen molar-refractivity contribution in [3.63, 3.8) is 0 Å². The molecule has 2 unspecified atom stereocenters. The standard InChI is InChI=1S/C15H21N3O2/c1-5-13-15(20)18(10(2)14(19)16-13)12-8-6-7-11(9-12)17(3)4/h6-10,13H,5H2,1-4H3,(H,16,19). The molecule has 1 heterocycles. The molecule has 0 bridgehead atoms. The van der Waals surface area contributed by atoms with E-state index in [0.717, 1.165) is 11.4 Å². The van der Waals surface area contributed by atoms with Crippen LogP contribution in [0, 0.1) is 0 Å². The summed E-state index contributed by atoms with van der Waals surface area (Å²) in [5, 5.41) is 2.76. The van der Waals surface area contributed by atoms with Crippen LogP contribution in [0.15, 0.2) is 24.3 Å². The third-order valence-corrected chi connectivity index (χ3v) is 3.65. The van der Waals surface area contributed by atoms with E-state index in [0.29, 0.717) is 6.42 Å². The number of hydrogen-bond donors (Lipinski definition) is 1. The SMILES string of the molecule is CCC1NC(=O)C(C)N(c2cccc(N(C)C)c2)C1=O. The second-order valence-corrected chi connectivity index (χ2v) is 5.27. The van der Waals surface area contributed by atoms with Crippen molar-refractivity contribution in [2.75, 3.05) is 23.9 Å². The lowest BCUT2D eigenvalue weighted by molar-refractivity contribution is -0.133. The maximum absolute atomic E-state index is 12.5. The molecule has 1 aromatic carbocycles. The van der Waals surface area contributed by atoms with Crippen molar-refractivity contribution >= 4 is 23.2 Å². The smallest absolute Gasteiger partial charge is 0.250 e. The summed E-state index contributed by atoms with van der Waals surface area (Å²) in [6, 6.07) is 6.76. The highest BCUT2D eigenvalue weighted by atomic mass is 16.2. The molecular formula is C15H21N3O2. The van der Waals surface area contributed by atoms with Crippen molar-refractivity contribution in [2.24, 2.45) is 0 Å². The molecule has 2 atom stereocenters. The fourth-order valence-corrected chi connectivity index (χ4v) is 2.38. The molecule has 1 aliphatic heterocycles. The fraction of sp³-hybridized carbons (Fsp3) is 0.467. The summed E-state index contributed by atoms with van der Waals surface area (Å²) in [7, 11) is 3.89. The van der Waals surface area contributed by atoms with E-state index in [9.17, 15) is 9.59 Å². The van der Waals surface area contributed by atoms with Crippen LogP contribution in [0.5, 0.6) is 0 Å². The van der Waals surface area contributed by atoms with Gasteiger partial charge in [0.2, 0.25) is 11.8 Å². The van der Waals surface area contributed by atoms with E-state index < -0.39 is 12.1 Å². The third kappa shape index (κ3) is 2.48. The van der Waals surface area contributed by atoms with Gasteiger partial charge in [0.25, 0.3) is 0 Å². The van der Waals surface area contributed by atoms with E-state index >= 15 is 0 Å². The summed E-state index contributed by atoms with van der Waals surface area (Å²) in [6.45, 7) is 3.65. The first-order chi connectivity index (χ1) is 9.45. The van der Waals surface area contributed by atoms with Crippen molar-refractivity contribution in [3.05, 3.63) is 24.3 Å². The predicted molar refractivity (Wildman–Crippen MR) is 79.9 cm³/mol. The van der Waals surface area contributed by atoms with Crippen molar-refractivity contribution in [2.45, 2.75) is 32.4 Å².